The quantitative estimate of drug-likeness (QED) is 0.768. The monoisotopic (exact) mass is 267 g/mol. The number of nitrogens with two attached hydrogens (primary N) is 1. The van der Waals surface area contributed by atoms with Gasteiger partial charge in [-0.15, -0.1) is 5.10 Å². The Bertz CT molecular complexity index is 412. The fourth-order valence-corrected chi connectivity index (χ4v) is 2.29. The molecule has 0 radical (unpaired) electrons. The minimum absolute atomic E-state index is 0.218. The molecule has 0 atom stereocenters. The van der Waals surface area contributed by atoms with Gasteiger partial charge in [-0.3, -0.25) is 4.79 Å². The fraction of sp³-hybridized carbons (Fsp3) is 0.750. The Morgan fingerprint density at radius 1 is 1.47 bits per heavy atom. The highest BCUT2D eigenvalue weighted by Gasteiger charge is 2.23. The topological polar surface area (TPSA) is 97.3 Å². The summed E-state index contributed by atoms with van der Waals surface area (Å²) in [6, 6.07) is 0.574. The van der Waals surface area contributed by atoms with E-state index in [0.29, 0.717) is 30.8 Å². The third kappa shape index (κ3) is 3.92. The molecule has 1 aromatic heterocycles. The van der Waals surface area contributed by atoms with Crippen molar-refractivity contribution in [3.8, 4) is 0 Å². The van der Waals surface area contributed by atoms with Crippen LogP contribution in [0.5, 0.6) is 0 Å². The molecule has 19 heavy (non-hydrogen) atoms. The van der Waals surface area contributed by atoms with Gasteiger partial charge in [-0.2, -0.15) is 0 Å². The van der Waals surface area contributed by atoms with Gasteiger partial charge in [0.1, 0.15) is 0 Å². The Morgan fingerprint density at radius 2 is 2.21 bits per heavy atom. The Balaban J connectivity index is 1.83. The van der Waals surface area contributed by atoms with Gasteiger partial charge < -0.3 is 20.4 Å². The number of rotatable bonds is 6. The van der Waals surface area contributed by atoms with Crippen molar-refractivity contribution in [3.05, 3.63) is 5.89 Å². The number of hydrogen-bond acceptors (Lipinski definition) is 6. The molecular formula is C12H21N5O2. The average molecular weight is 267 g/mol. The van der Waals surface area contributed by atoms with Crippen molar-refractivity contribution < 1.29 is 9.21 Å². The summed E-state index contributed by atoms with van der Waals surface area (Å²) in [5.41, 5.74) is 5.22. The molecule has 1 aliphatic rings. The first-order chi connectivity index (χ1) is 9.19. The molecule has 3 N–H and O–H groups in total. The van der Waals surface area contributed by atoms with Crippen molar-refractivity contribution in [2.24, 2.45) is 11.7 Å². The summed E-state index contributed by atoms with van der Waals surface area (Å²) in [5.74, 6) is 0.776. The summed E-state index contributed by atoms with van der Waals surface area (Å²) in [6.07, 6.45) is 2.35. The zero-order chi connectivity index (χ0) is 13.7. The predicted molar refractivity (Wildman–Crippen MR) is 70.4 cm³/mol. The van der Waals surface area contributed by atoms with E-state index in [1.54, 1.807) is 0 Å². The number of carbonyl (C=O) groups excluding carboxylic acids is 1. The molecule has 7 nitrogen and oxygen atoms in total. The van der Waals surface area contributed by atoms with Crippen LogP contribution >= 0.6 is 0 Å². The summed E-state index contributed by atoms with van der Waals surface area (Å²) < 4.78 is 5.59. The van der Waals surface area contributed by atoms with Crippen LogP contribution in [-0.2, 0) is 11.3 Å². The van der Waals surface area contributed by atoms with Crippen LogP contribution in [0, 0.1) is 5.92 Å². The van der Waals surface area contributed by atoms with Crippen molar-refractivity contribution in [1.82, 2.24) is 15.5 Å². The van der Waals surface area contributed by atoms with Crippen LogP contribution in [0.1, 0.15) is 32.1 Å². The van der Waals surface area contributed by atoms with Crippen molar-refractivity contribution in [1.29, 1.82) is 0 Å². The molecule has 106 valence electrons. The van der Waals surface area contributed by atoms with Crippen molar-refractivity contribution >= 4 is 11.9 Å². The molecule has 0 aliphatic carbocycles. The van der Waals surface area contributed by atoms with E-state index >= 15 is 0 Å². The number of piperidine rings is 1. The number of primary amides is 1. The minimum atomic E-state index is -0.218. The number of amides is 1. The van der Waals surface area contributed by atoms with E-state index in [9.17, 15) is 4.79 Å². The maximum Gasteiger partial charge on any atom is 0.318 e. The third-order valence-corrected chi connectivity index (χ3v) is 3.36. The molecule has 1 saturated heterocycles. The summed E-state index contributed by atoms with van der Waals surface area (Å²) in [4.78, 5) is 13.0. The van der Waals surface area contributed by atoms with Gasteiger partial charge in [-0.1, -0.05) is 12.0 Å². The molecule has 1 amide bonds. The van der Waals surface area contributed by atoms with Gasteiger partial charge >= 0.3 is 6.01 Å². The highest BCUT2D eigenvalue weighted by Crippen LogP contribution is 2.24. The SMILES string of the molecule is CCNCc1nnc(N2CCC(CC(N)=O)CC2)o1. The van der Waals surface area contributed by atoms with Gasteiger partial charge in [0.05, 0.1) is 6.54 Å². The molecule has 0 spiro atoms. The number of anilines is 1. The van der Waals surface area contributed by atoms with Gasteiger partial charge in [-0.05, 0) is 25.3 Å². The van der Waals surface area contributed by atoms with Gasteiger partial charge in [-0.25, -0.2) is 0 Å². The zero-order valence-electron chi connectivity index (χ0n) is 11.3. The number of nitrogens with zero attached hydrogens (tertiary/aromatic N) is 3. The molecule has 0 bridgehead atoms. The lowest BCUT2D eigenvalue weighted by Gasteiger charge is -2.29. The highest BCUT2D eigenvalue weighted by atomic mass is 16.4. The second-order valence-corrected chi connectivity index (χ2v) is 4.86. The average Bonchev–Trinajstić information content (AvgIpc) is 2.85. The standard InChI is InChI=1S/C12H21N5O2/c1-2-14-8-11-15-16-12(19-11)17-5-3-9(4-6-17)7-10(13)18/h9,14H,2-8H2,1H3,(H2,13,18). The molecule has 0 aromatic carbocycles. The largest absolute Gasteiger partial charge is 0.407 e. The van der Waals surface area contributed by atoms with Crippen molar-refractivity contribution in [2.75, 3.05) is 24.5 Å². The Kier molecular flexibility index (Phi) is 4.73. The van der Waals surface area contributed by atoms with Crippen molar-refractivity contribution in [3.63, 3.8) is 0 Å². The molecule has 2 rings (SSSR count). The molecule has 0 saturated carbocycles. The van der Waals surface area contributed by atoms with E-state index in [1.807, 2.05) is 6.92 Å². The van der Waals surface area contributed by atoms with E-state index < -0.39 is 0 Å². The van der Waals surface area contributed by atoms with Crippen LogP contribution in [0.3, 0.4) is 0 Å². The smallest absolute Gasteiger partial charge is 0.318 e. The molecule has 1 aliphatic heterocycles. The van der Waals surface area contributed by atoms with Crippen LogP contribution in [0.25, 0.3) is 0 Å². The normalized spacial score (nSPS) is 16.8. The fourth-order valence-electron chi connectivity index (χ4n) is 2.29. The van der Waals surface area contributed by atoms with E-state index in [-0.39, 0.29) is 5.91 Å². The summed E-state index contributed by atoms with van der Waals surface area (Å²) >= 11 is 0. The third-order valence-electron chi connectivity index (χ3n) is 3.36. The second kappa shape index (κ2) is 6.51. The summed E-state index contributed by atoms with van der Waals surface area (Å²) in [7, 11) is 0. The Labute approximate surface area is 112 Å². The first-order valence-corrected chi connectivity index (χ1v) is 6.75. The lowest BCUT2D eigenvalue weighted by molar-refractivity contribution is -0.119. The molecular weight excluding hydrogens is 246 g/mol. The van der Waals surface area contributed by atoms with Gasteiger partial charge in [0, 0.05) is 19.5 Å². The maximum absolute atomic E-state index is 10.9. The first kappa shape index (κ1) is 13.8. The second-order valence-electron chi connectivity index (χ2n) is 4.86. The lowest BCUT2D eigenvalue weighted by atomic mass is 9.93. The van der Waals surface area contributed by atoms with Crippen LogP contribution in [-0.4, -0.2) is 35.7 Å². The van der Waals surface area contributed by atoms with E-state index in [4.69, 9.17) is 10.2 Å². The highest BCUT2D eigenvalue weighted by molar-refractivity contribution is 5.74. The number of carbonyl (C=O) groups is 1. The number of aromatic nitrogens is 2. The van der Waals surface area contributed by atoms with Gasteiger partial charge in [0.25, 0.3) is 0 Å². The van der Waals surface area contributed by atoms with Crippen LogP contribution in [0.2, 0.25) is 0 Å². The Hall–Kier alpha value is -1.63. The molecule has 7 heteroatoms. The predicted octanol–water partition coefficient (Wildman–Crippen LogP) is 0.271. The van der Waals surface area contributed by atoms with E-state index in [1.165, 1.54) is 0 Å². The van der Waals surface area contributed by atoms with Crippen LogP contribution in [0.4, 0.5) is 6.01 Å². The maximum atomic E-state index is 10.9. The minimum Gasteiger partial charge on any atom is -0.407 e. The Morgan fingerprint density at radius 3 is 2.84 bits per heavy atom. The number of nitrogens with one attached hydrogen (secondary N) is 1. The first-order valence-electron chi connectivity index (χ1n) is 6.75. The molecule has 1 aromatic rings. The van der Waals surface area contributed by atoms with Gasteiger partial charge in [0.15, 0.2) is 0 Å². The van der Waals surface area contributed by atoms with Crippen molar-refractivity contribution in [2.45, 2.75) is 32.7 Å². The van der Waals surface area contributed by atoms with E-state index in [2.05, 4.69) is 20.4 Å². The molecule has 2 heterocycles. The number of hydrogen-bond donors (Lipinski definition) is 2. The van der Waals surface area contributed by atoms with Gasteiger partial charge in [0.2, 0.25) is 11.8 Å². The molecule has 1 fully saturated rings. The van der Waals surface area contributed by atoms with Crippen LogP contribution in [0.15, 0.2) is 4.42 Å². The zero-order valence-corrected chi connectivity index (χ0v) is 11.3. The lowest BCUT2D eigenvalue weighted by Crippen LogP contribution is -2.35. The summed E-state index contributed by atoms with van der Waals surface area (Å²) in [6.45, 7) is 5.17. The van der Waals surface area contributed by atoms with E-state index in [0.717, 1.165) is 32.5 Å². The van der Waals surface area contributed by atoms with Crippen LogP contribution < -0.4 is 16.0 Å². The summed E-state index contributed by atoms with van der Waals surface area (Å²) in [5, 5.41) is 11.2. The molecule has 0 unspecified atom stereocenters.